The van der Waals surface area contributed by atoms with Gasteiger partial charge in [-0.15, -0.1) is 6.42 Å². The zero-order chi connectivity index (χ0) is 8.91. The molecule has 0 amide bonds. The highest BCUT2D eigenvalue weighted by molar-refractivity contribution is 5.14. The third-order valence-electron chi connectivity index (χ3n) is 0.868. The van der Waals surface area contributed by atoms with E-state index in [0.717, 1.165) is 0 Å². The average molecular weight is 163 g/mol. The number of allylic oxidation sites excluding steroid dienone is 2. The van der Waals surface area contributed by atoms with Crippen molar-refractivity contribution in [2.24, 2.45) is 0 Å². The first kappa shape index (κ1) is 9.89. The highest BCUT2D eigenvalue weighted by Gasteiger charge is 2.26. The van der Waals surface area contributed by atoms with Crippen molar-refractivity contribution in [1.29, 1.82) is 0 Å². The average Bonchev–Trinajstić information content (AvgIpc) is 1.83. The molecule has 11 heavy (non-hydrogen) atoms. The molecule has 0 saturated heterocycles. The number of hydrogen-bond acceptors (Lipinski definition) is 1. The molecular weight excluding hydrogens is 155 g/mol. The van der Waals surface area contributed by atoms with Crippen molar-refractivity contribution >= 4 is 0 Å². The van der Waals surface area contributed by atoms with Gasteiger partial charge >= 0.3 is 6.18 Å². The van der Waals surface area contributed by atoms with E-state index < -0.39 is 12.7 Å². The second-order valence-corrected chi connectivity index (χ2v) is 1.96. The molecule has 0 spiro atoms. The van der Waals surface area contributed by atoms with Crippen molar-refractivity contribution in [3.8, 4) is 12.3 Å². The summed E-state index contributed by atoms with van der Waals surface area (Å²) in [5.41, 5.74) is 0.338. The first-order valence-corrected chi connectivity index (χ1v) is 2.89. The van der Waals surface area contributed by atoms with E-state index in [-0.39, 0.29) is 0 Å². The Labute approximate surface area is 63.3 Å². The van der Waals surface area contributed by atoms with Gasteiger partial charge in [0.05, 0.1) is 0 Å². The van der Waals surface area contributed by atoms with Gasteiger partial charge < -0.3 is 5.32 Å². The summed E-state index contributed by atoms with van der Waals surface area (Å²) in [6.45, 7) is 0.433. The van der Waals surface area contributed by atoms with Gasteiger partial charge in [0.2, 0.25) is 0 Å². The maximum absolute atomic E-state index is 11.5. The van der Waals surface area contributed by atoms with E-state index in [0.29, 0.717) is 5.70 Å². The standard InChI is InChI=1S/C7H8F3N/c1-3-4-6(2)11-5-7(8,9)10/h1,4,11H,5H2,2H3/b6-4+. The van der Waals surface area contributed by atoms with Crippen molar-refractivity contribution < 1.29 is 13.2 Å². The minimum Gasteiger partial charge on any atom is -0.380 e. The molecule has 4 heteroatoms. The molecule has 0 unspecified atom stereocenters. The fourth-order valence-corrected chi connectivity index (χ4v) is 0.416. The van der Waals surface area contributed by atoms with Gasteiger partial charge in [0, 0.05) is 11.8 Å². The van der Waals surface area contributed by atoms with Crippen molar-refractivity contribution in [3.63, 3.8) is 0 Å². The zero-order valence-electron chi connectivity index (χ0n) is 6.00. The predicted octanol–water partition coefficient (Wildman–Crippen LogP) is 1.68. The Morgan fingerprint density at radius 3 is 2.55 bits per heavy atom. The first-order chi connectivity index (χ1) is 4.95. The molecule has 0 saturated carbocycles. The minimum atomic E-state index is -4.19. The molecular formula is C7H8F3N. The van der Waals surface area contributed by atoms with Gasteiger partial charge in [-0.2, -0.15) is 13.2 Å². The lowest BCUT2D eigenvalue weighted by Crippen LogP contribution is -2.27. The lowest BCUT2D eigenvalue weighted by atomic mass is 10.4. The Hall–Kier alpha value is -1.11. The van der Waals surface area contributed by atoms with Gasteiger partial charge in [-0.1, -0.05) is 5.92 Å². The van der Waals surface area contributed by atoms with Gasteiger partial charge in [-0.25, -0.2) is 0 Å². The number of rotatable bonds is 2. The minimum absolute atomic E-state index is 0.338. The van der Waals surface area contributed by atoms with Crippen LogP contribution in [0, 0.1) is 12.3 Å². The molecule has 0 aliphatic carbocycles. The topological polar surface area (TPSA) is 12.0 Å². The SMILES string of the molecule is C#C/C=C(\C)NCC(F)(F)F. The van der Waals surface area contributed by atoms with Crippen molar-refractivity contribution in [2.45, 2.75) is 13.1 Å². The molecule has 0 heterocycles. The molecule has 0 fully saturated rings. The number of halogens is 3. The highest BCUT2D eigenvalue weighted by Crippen LogP contribution is 2.12. The van der Waals surface area contributed by atoms with Crippen molar-refractivity contribution in [2.75, 3.05) is 6.54 Å². The molecule has 0 aromatic rings. The van der Waals surface area contributed by atoms with Crippen LogP contribution in [0.4, 0.5) is 13.2 Å². The lowest BCUT2D eigenvalue weighted by molar-refractivity contribution is -0.123. The van der Waals surface area contributed by atoms with Gasteiger partial charge in [0.15, 0.2) is 0 Å². The number of hydrogen-bond donors (Lipinski definition) is 1. The summed E-state index contributed by atoms with van der Waals surface area (Å²) in [6.07, 6.45) is 1.87. The second kappa shape index (κ2) is 3.91. The molecule has 0 aliphatic rings. The van der Waals surface area contributed by atoms with E-state index in [4.69, 9.17) is 6.42 Å². The largest absolute Gasteiger partial charge is 0.405 e. The molecule has 0 aromatic heterocycles. The molecule has 0 rings (SSSR count). The van der Waals surface area contributed by atoms with Crippen LogP contribution in [-0.4, -0.2) is 12.7 Å². The third kappa shape index (κ3) is 6.78. The molecule has 62 valence electrons. The summed E-state index contributed by atoms with van der Waals surface area (Å²) in [5.74, 6) is 2.11. The molecule has 0 radical (unpaired) electrons. The Morgan fingerprint density at radius 2 is 2.18 bits per heavy atom. The molecule has 0 bridgehead atoms. The smallest absolute Gasteiger partial charge is 0.380 e. The molecule has 1 nitrogen and oxygen atoms in total. The van der Waals surface area contributed by atoms with Crippen molar-refractivity contribution in [1.82, 2.24) is 5.32 Å². The highest BCUT2D eigenvalue weighted by atomic mass is 19.4. The number of nitrogens with one attached hydrogen (secondary N) is 1. The molecule has 0 aliphatic heterocycles. The summed E-state index contributed by atoms with van der Waals surface area (Å²) < 4.78 is 34.5. The number of terminal acetylenes is 1. The van der Waals surface area contributed by atoms with E-state index in [1.165, 1.54) is 13.0 Å². The summed E-state index contributed by atoms with van der Waals surface area (Å²) in [4.78, 5) is 0. The molecule has 1 N–H and O–H groups in total. The maximum Gasteiger partial charge on any atom is 0.405 e. The normalized spacial score (nSPS) is 12.5. The van der Waals surface area contributed by atoms with E-state index in [9.17, 15) is 13.2 Å². The van der Waals surface area contributed by atoms with E-state index in [1.807, 2.05) is 0 Å². The van der Waals surface area contributed by atoms with Crippen LogP contribution in [-0.2, 0) is 0 Å². The fourth-order valence-electron chi connectivity index (χ4n) is 0.416. The van der Waals surface area contributed by atoms with Gasteiger partial charge in [-0.05, 0) is 6.92 Å². The summed E-state index contributed by atoms with van der Waals surface area (Å²) in [5, 5.41) is 2.12. The molecule has 0 aromatic carbocycles. The quantitative estimate of drug-likeness (QED) is 0.610. The Morgan fingerprint density at radius 1 is 1.64 bits per heavy atom. The van der Waals surface area contributed by atoms with Gasteiger partial charge in [0.25, 0.3) is 0 Å². The van der Waals surface area contributed by atoms with Crippen LogP contribution in [0.1, 0.15) is 6.92 Å². The van der Waals surface area contributed by atoms with Crippen LogP contribution in [0.25, 0.3) is 0 Å². The van der Waals surface area contributed by atoms with Gasteiger partial charge in [-0.3, -0.25) is 0 Å². The monoisotopic (exact) mass is 163 g/mol. The van der Waals surface area contributed by atoms with Crippen LogP contribution in [0.2, 0.25) is 0 Å². The summed E-state index contributed by atoms with van der Waals surface area (Å²) in [7, 11) is 0. The van der Waals surface area contributed by atoms with E-state index in [2.05, 4.69) is 11.2 Å². The van der Waals surface area contributed by atoms with Gasteiger partial charge in [0.1, 0.15) is 6.54 Å². The maximum atomic E-state index is 11.5. The predicted molar refractivity (Wildman–Crippen MR) is 36.6 cm³/mol. The van der Waals surface area contributed by atoms with Crippen LogP contribution >= 0.6 is 0 Å². The second-order valence-electron chi connectivity index (χ2n) is 1.96. The Balaban J connectivity index is 3.74. The number of alkyl halides is 3. The summed E-state index contributed by atoms with van der Waals surface area (Å²) >= 11 is 0. The lowest BCUT2D eigenvalue weighted by Gasteiger charge is -2.08. The third-order valence-corrected chi connectivity index (χ3v) is 0.868. The van der Waals surface area contributed by atoms with Crippen molar-refractivity contribution in [3.05, 3.63) is 11.8 Å². The fraction of sp³-hybridized carbons (Fsp3) is 0.429. The van der Waals surface area contributed by atoms with E-state index in [1.54, 1.807) is 0 Å². The van der Waals surface area contributed by atoms with Crippen LogP contribution in [0.5, 0.6) is 0 Å². The Kier molecular flexibility index (Phi) is 3.52. The van der Waals surface area contributed by atoms with E-state index >= 15 is 0 Å². The van der Waals surface area contributed by atoms with Crippen LogP contribution < -0.4 is 5.32 Å². The first-order valence-electron chi connectivity index (χ1n) is 2.89. The van der Waals surface area contributed by atoms with Crippen LogP contribution in [0.3, 0.4) is 0 Å². The molecule has 0 atom stereocenters. The summed E-state index contributed by atoms with van der Waals surface area (Å²) in [6, 6.07) is 0. The zero-order valence-corrected chi connectivity index (χ0v) is 6.00. The van der Waals surface area contributed by atoms with Crippen LogP contribution in [0.15, 0.2) is 11.8 Å². The Bertz CT molecular complexity index is 185.